The smallest absolute Gasteiger partial charge is 0.302 e. The molecule has 0 heterocycles. The predicted molar refractivity (Wildman–Crippen MR) is 66.2 cm³/mol. The van der Waals surface area contributed by atoms with Crippen LogP contribution in [0.25, 0.3) is 0 Å². The van der Waals surface area contributed by atoms with E-state index >= 15 is 0 Å². The van der Waals surface area contributed by atoms with Crippen LogP contribution in [0, 0.1) is 6.92 Å². The molecule has 18 heavy (non-hydrogen) atoms. The summed E-state index contributed by atoms with van der Waals surface area (Å²) in [4.78, 5) is 10.7. The monoisotopic (exact) mass is 292 g/mol. The Kier molecular flexibility index (Phi) is 4.59. The molecule has 0 saturated carbocycles. The second-order valence-electron chi connectivity index (χ2n) is 3.65. The van der Waals surface area contributed by atoms with E-state index in [-0.39, 0.29) is 17.1 Å². The van der Waals surface area contributed by atoms with Gasteiger partial charge >= 0.3 is 5.97 Å². The molecule has 100 valence electrons. The fourth-order valence-electron chi connectivity index (χ4n) is 1.56. The van der Waals surface area contributed by atoms with E-state index in [4.69, 9.17) is 20.2 Å². The van der Waals surface area contributed by atoms with E-state index in [1.54, 1.807) is 13.0 Å². The van der Waals surface area contributed by atoms with Crippen molar-refractivity contribution >= 4 is 25.7 Å². The lowest BCUT2D eigenvalue weighted by Gasteiger charge is -2.12. The number of hydrogen-bond donors (Lipinski definition) is 0. The molecule has 0 radical (unpaired) electrons. The Hall–Kier alpha value is -1.27. The summed E-state index contributed by atoms with van der Waals surface area (Å²) in [6.45, 7) is 2.66. The largest absolute Gasteiger partial charge is 0.497 e. The van der Waals surface area contributed by atoms with E-state index in [0.29, 0.717) is 11.3 Å². The maximum atomic E-state index is 11.5. The van der Waals surface area contributed by atoms with Gasteiger partial charge in [-0.1, -0.05) is 0 Å². The fourth-order valence-corrected chi connectivity index (χ4v) is 3.10. The highest BCUT2D eigenvalue weighted by atomic mass is 35.7. The number of ether oxygens (including phenoxy) is 2. The minimum absolute atomic E-state index is 0.0498. The van der Waals surface area contributed by atoms with Crippen molar-refractivity contribution in [2.24, 2.45) is 0 Å². The van der Waals surface area contributed by atoms with Crippen LogP contribution < -0.4 is 4.74 Å². The van der Waals surface area contributed by atoms with Gasteiger partial charge in [-0.25, -0.2) is 8.42 Å². The van der Waals surface area contributed by atoms with E-state index in [1.165, 1.54) is 20.1 Å². The minimum atomic E-state index is -3.91. The van der Waals surface area contributed by atoms with Crippen LogP contribution in [0.15, 0.2) is 17.0 Å². The zero-order valence-corrected chi connectivity index (χ0v) is 11.8. The van der Waals surface area contributed by atoms with Crippen LogP contribution >= 0.6 is 10.7 Å². The number of methoxy groups -OCH3 is 1. The van der Waals surface area contributed by atoms with Gasteiger partial charge in [0.15, 0.2) is 0 Å². The molecule has 0 aliphatic heterocycles. The Balaban J connectivity index is 3.34. The molecular weight excluding hydrogens is 280 g/mol. The van der Waals surface area contributed by atoms with Crippen LogP contribution in [0.3, 0.4) is 0 Å². The third-order valence-corrected chi connectivity index (χ3v) is 3.77. The number of esters is 1. The lowest BCUT2D eigenvalue weighted by atomic mass is 10.1. The standard InChI is InChI=1S/C11H13ClO5S/c1-7-4-10(16-3)5-9(6-17-8(2)13)11(7)18(12,14)15/h4-5H,6H2,1-3H3. The number of benzene rings is 1. The highest BCUT2D eigenvalue weighted by Crippen LogP contribution is 2.29. The van der Waals surface area contributed by atoms with Gasteiger partial charge in [-0.2, -0.15) is 0 Å². The molecule has 0 spiro atoms. The molecule has 1 aromatic carbocycles. The van der Waals surface area contributed by atoms with Crippen molar-refractivity contribution in [2.45, 2.75) is 25.3 Å². The first-order valence-electron chi connectivity index (χ1n) is 5.01. The van der Waals surface area contributed by atoms with Crippen molar-refractivity contribution in [3.63, 3.8) is 0 Å². The molecule has 0 atom stereocenters. The first kappa shape index (κ1) is 14.8. The number of aryl methyl sites for hydroxylation is 1. The zero-order chi connectivity index (χ0) is 13.9. The second-order valence-corrected chi connectivity index (χ2v) is 6.15. The normalized spacial score (nSPS) is 11.1. The van der Waals surface area contributed by atoms with Gasteiger partial charge in [0.1, 0.15) is 12.4 Å². The van der Waals surface area contributed by atoms with Crippen LogP contribution in [-0.2, 0) is 25.2 Å². The quantitative estimate of drug-likeness (QED) is 0.627. The predicted octanol–water partition coefficient (Wildman–Crippen LogP) is 1.99. The Morgan fingerprint density at radius 2 is 2.00 bits per heavy atom. The number of carbonyl (C=O) groups excluding carboxylic acids is 1. The van der Waals surface area contributed by atoms with Gasteiger partial charge in [0.25, 0.3) is 9.05 Å². The summed E-state index contributed by atoms with van der Waals surface area (Å²) in [6, 6.07) is 3.03. The van der Waals surface area contributed by atoms with Gasteiger partial charge in [-0.15, -0.1) is 0 Å². The first-order valence-corrected chi connectivity index (χ1v) is 7.32. The molecule has 1 rings (SSSR count). The average molecular weight is 293 g/mol. The molecule has 0 aliphatic rings. The van der Waals surface area contributed by atoms with Crippen molar-refractivity contribution < 1.29 is 22.7 Å². The van der Waals surface area contributed by atoms with E-state index in [1.807, 2.05) is 0 Å². The maximum absolute atomic E-state index is 11.5. The molecule has 0 amide bonds. The highest BCUT2D eigenvalue weighted by molar-refractivity contribution is 8.13. The van der Waals surface area contributed by atoms with Crippen LogP contribution in [0.5, 0.6) is 5.75 Å². The van der Waals surface area contributed by atoms with Gasteiger partial charge in [0.05, 0.1) is 12.0 Å². The lowest BCUT2D eigenvalue weighted by molar-refractivity contribution is -0.142. The fraction of sp³-hybridized carbons (Fsp3) is 0.364. The van der Waals surface area contributed by atoms with Gasteiger partial charge < -0.3 is 9.47 Å². The molecule has 0 saturated heterocycles. The summed E-state index contributed by atoms with van der Waals surface area (Å²) in [5.74, 6) is -0.0351. The Labute approximate surface area is 110 Å². The molecule has 1 aromatic rings. The summed E-state index contributed by atoms with van der Waals surface area (Å²) in [6.07, 6.45) is 0. The minimum Gasteiger partial charge on any atom is -0.497 e. The van der Waals surface area contributed by atoms with Gasteiger partial charge in [0, 0.05) is 23.2 Å². The van der Waals surface area contributed by atoms with Gasteiger partial charge in [-0.3, -0.25) is 4.79 Å². The number of carbonyl (C=O) groups is 1. The molecule has 0 aliphatic carbocycles. The van der Waals surface area contributed by atoms with Crippen LogP contribution in [0.1, 0.15) is 18.1 Å². The van der Waals surface area contributed by atoms with Gasteiger partial charge in [0.2, 0.25) is 0 Å². The third-order valence-electron chi connectivity index (χ3n) is 2.24. The van der Waals surface area contributed by atoms with E-state index in [0.717, 1.165) is 0 Å². The van der Waals surface area contributed by atoms with Crippen molar-refractivity contribution in [2.75, 3.05) is 7.11 Å². The number of rotatable bonds is 4. The Morgan fingerprint density at radius 1 is 1.39 bits per heavy atom. The van der Waals surface area contributed by atoms with E-state index in [9.17, 15) is 13.2 Å². The van der Waals surface area contributed by atoms with Crippen LogP contribution in [-0.4, -0.2) is 21.5 Å². The number of halogens is 1. The molecule has 0 bridgehead atoms. The SMILES string of the molecule is COc1cc(C)c(S(=O)(=O)Cl)c(COC(C)=O)c1. The number of hydrogen-bond acceptors (Lipinski definition) is 5. The van der Waals surface area contributed by atoms with Gasteiger partial charge in [-0.05, 0) is 24.6 Å². The van der Waals surface area contributed by atoms with E-state index < -0.39 is 15.0 Å². The van der Waals surface area contributed by atoms with Crippen LogP contribution in [0.2, 0.25) is 0 Å². The molecule has 0 aromatic heterocycles. The van der Waals surface area contributed by atoms with E-state index in [2.05, 4.69) is 0 Å². The molecular formula is C11H13ClO5S. The Morgan fingerprint density at radius 3 is 2.44 bits per heavy atom. The second kappa shape index (κ2) is 5.58. The van der Waals surface area contributed by atoms with Crippen molar-refractivity contribution in [1.29, 1.82) is 0 Å². The summed E-state index contributed by atoms with van der Waals surface area (Å²) < 4.78 is 32.8. The maximum Gasteiger partial charge on any atom is 0.302 e. The third kappa shape index (κ3) is 3.61. The topological polar surface area (TPSA) is 69.7 Å². The molecule has 0 fully saturated rings. The molecule has 0 unspecified atom stereocenters. The Bertz CT molecular complexity index is 565. The van der Waals surface area contributed by atoms with Crippen molar-refractivity contribution in [1.82, 2.24) is 0 Å². The highest BCUT2D eigenvalue weighted by Gasteiger charge is 2.20. The summed E-state index contributed by atoms with van der Waals surface area (Å²) in [7, 11) is 2.92. The summed E-state index contributed by atoms with van der Waals surface area (Å²) in [5, 5.41) is 0. The van der Waals surface area contributed by atoms with Crippen LogP contribution in [0.4, 0.5) is 0 Å². The summed E-state index contributed by atoms with van der Waals surface area (Å²) >= 11 is 0. The molecule has 5 nitrogen and oxygen atoms in total. The lowest BCUT2D eigenvalue weighted by Crippen LogP contribution is -2.06. The average Bonchev–Trinajstić information content (AvgIpc) is 2.23. The summed E-state index contributed by atoms with van der Waals surface area (Å²) in [5.41, 5.74) is 0.726. The zero-order valence-electron chi connectivity index (χ0n) is 10.2. The van der Waals surface area contributed by atoms with Crippen molar-refractivity contribution in [3.05, 3.63) is 23.3 Å². The van der Waals surface area contributed by atoms with Crippen molar-refractivity contribution in [3.8, 4) is 5.75 Å². The molecule has 7 heteroatoms. The molecule has 0 N–H and O–H groups in total. The first-order chi connectivity index (χ1) is 8.25.